The van der Waals surface area contributed by atoms with E-state index >= 15 is 0 Å². The highest BCUT2D eigenvalue weighted by Crippen LogP contribution is 2.13. The van der Waals surface area contributed by atoms with Gasteiger partial charge in [0.2, 0.25) is 0 Å². The zero-order chi connectivity index (χ0) is 23.4. The summed E-state index contributed by atoms with van der Waals surface area (Å²) in [6.45, 7) is 2.67. The number of rotatable bonds is 18. The van der Waals surface area contributed by atoms with E-state index in [1.807, 2.05) is 21.1 Å². The van der Waals surface area contributed by atoms with Crippen LogP contribution in [0.15, 0.2) is 0 Å². The molecule has 0 saturated heterocycles. The SMILES string of the molecule is CCCCCCCCCCCCCC(O)CC(=O)O.C[N+](C)(C)CC(O)CC(=O)[O-]. The Morgan fingerprint density at radius 3 is 1.57 bits per heavy atom. The van der Waals surface area contributed by atoms with Crippen molar-refractivity contribution in [2.75, 3.05) is 27.7 Å². The van der Waals surface area contributed by atoms with Crippen LogP contribution in [0, 0.1) is 0 Å². The molecule has 0 radical (unpaired) electrons. The second kappa shape index (κ2) is 19.8. The van der Waals surface area contributed by atoms with Crippen molar-refractivity contribution in [1.29, 1.82) is 0 Å². The Balaban J connectivity index is 0. The first-order chi connectivity index (χ1) is 14.0. The van der Waals surface area contributed by atoms with Crippen molar-refractivity contribution in [1.82, 2.24) is 0 Å². The summed E-state index contributed by atoms with van der Waals surface area (Å²) in [4.78, 5) is 20.4. The number of aliphatic hydroxyl groups is 2. The molecule has 0 aliphatic carbocycles. The molecule has 0 bridgehead atoms. The number of likely N-dealkylation sites (N-methyl/N-ethyl adjacent to an activating group) is 1. The van der Waals surface area contributed by atoms with Crippen LogP contribution in [-0.4, -0.2) is 71.6 Å². The minimum Gasteiger partial charge on any atom is -0.550 e. The number of unbranched alkanes of at least 4 members (excludes halogenated alkanes) is 10. The highest BCUT2D eigenvalue weighted by molar-refractivity contribution is 5.67. The topological polar surface area (TPSA) is 118 Å². The molecule has 0 spiro atoms. The van der Waals surface area contributed by atoms with Gasteiger partial charge < -0.3 is 29.7 Å². The summed E-state index contributed by atoms with van der Waals surface area (Å²) in [6, 6.07) is 0. The molecule has 0 aliphatic rings. The first kappa shape index (κ1) is 31.0. The lowest BCUT2D eigenvalue weighted by atomic mass is 10.0. The fraction of sp³-hybridized carbons (Fsp3) is 0.913. The minimum atomic E-state index is -1.20. The molecule has 0 aromatic heterocycles. The molecule has 0 aliphatic heterocycles. The average molecular weight is 434 g/mol. The fourth-order valence-electron chi connectivity index (χ4n) is 3.24. The maximum absolute atomic E-state index is 10.4. The molecule has 0 rings (SSSR count). The number of carboxylic acids is 2. The lowest BCUT2D eigenvalue weighted by molar-refractivity contribution is -0.873. The molecule has 7 nitrogen and oxygen atoms in total. The van der Waals surface area contributed by atoms with Crippen molar-refractivity contribution in [2.45, 2.75) is 109 Å². The lowest BCUT2D eigenvalue weighted by Crippen LogP contribution is -2.43. The van der Waals surface area contributed by atoms with Crippen LogP contribution in [0.4, 0.5) is 0 Å². The Morgan fingerprint density at radius 2 is 1.20 bits per heavy atom. The summed E-state index contributed by atoms with van der Waals surface area (Å²) in [5.74, 6) is -2.11. The smallest absolute Gasteiger partial charge is 0.305 e. The summed E-state index contributed by atoms with van der Waals surface area (Å²) in [5.41, 5.74) is 0. The number of hydrogen-bond acceptors (Lipinski definition) is 5. The Labute approximate surface area is 183 Å². The average Bonchev–Trinajstić information content (AvgIpc) is 2.57. The van der Waals surface area contributed by atoms with E-state index in [9.17, 15) is 19.8 Å². The first-order valence-electron chi connectivity index (χ1n) is 11.6. The Morgan fingerprint density at radius 1 is 0.767 bits per heavy atom. The van der Waals surface area contributed by atoms with Gasteiger partial charge in [-0.1, -0.05) is 77.6 Å². The van der Waals surface area contributed by atoms with Gasteiger partial charge in [0.1, 0.15) is 12.6 Å². The van der Waals surface area contributed by atoms with Gasteiger partial charge in [0, 0.05) is 12.4 Å². The second-order valence-corrected chi connectivity index (χ2v) is 9.28. The van der Waals surface area contributed by atoms with Crippen LogP contribution in [0.2, 0.25) is 0 Å². The monoisotopic (exact) mass is 433 g/mol. The van der Waals surface area contributed by atoms with Crippen molar-refractivity contribution < 1.29 is 34.5 Å². The largest absolute Gasteiger partial charge is 0.550 e. The second-order valence-electron chi connectivity index (χ2n) is 9.28. The predicted molar refractivity (Wildman–Crippen MR) is 118 cm³/mol. The molecule has 0 fully saturated rings. The molecular formula is C23H47NO6. The maximum atomic E-state index is 10.4. The van der Waals surface area contributed by atoms with Crippen molar-refractivity contribution >= 4 is 11.9 Å². The first-order valence-corrected chi connectivity index (χ1v) is 11.6. The van der Waals surface area contributed by atoms with E-state index in [2.05, 4.69) is 6.92 Å². The van der Waals surface area contributed by atoms with Crippen LogP contribution in [-0.2, 0) is 9.59 Å². The molecule has 0 saturated carbocycles. The molecule has 0 heterocycles. The summed E-state index contributed by atoms with van der Waals surface area (Å²) in [6.07, 6.45) is 12.8. The quantitative estimate of drug-likeness (QED) is 0.226. The molecule has 180 valence electrons. The summed E-state index contributed by atoms with van der Waals surface area (Å²) in [5, 5.41) is 37.0. The van der Waals surface area contributed by atoms with E-state index in [-0.39, 0.29) is 12.8 Å². The Bertz CT molecular complexity index is 422. The van der Waals surface area contributed by atoms with E-state index < -0.39 is 24.1 Å². The van der Waals surface area contributed by atoms with E-state index in [0.717, 1.165) is 12.8 Å². The molecule has 3 N–H and O–H groups in total. The van der Waals surface area contributed by atoms with Gasteiger partial charge >= 0.3 is 5.97 Å². The minimum absolute atomic E-state index is 0.113. The third kappa shape index (κ3) is 29.0. The zero-order valence-corrected chi connectivity index (χ0v) is 19.8. The molecule has 7 heteroatoms. The van der Waals surface area contributed by atoms with Crippen LogP contribution in [0.5, 0.6) is 0 Å². The van der Waals surface area contributed by atoms with E-state index in [1.54, 1.807) is 0 Å². The summed E-state index contributed by atoms with van der Waals surface area (Å²) >= 11 is 0. The van der Waals surface area contributed by atoms with Crippen LogP contribution >= 0.6 is 0 Å². The third-order valence-electron chi connectivity index (χ3n) is 4.71. The normalized spacial score (nSPS) is 13.3. The van der Waals surface area contributed by atoms with E-state index in [0.29, 0.717) is 17.4 Å². The van der Waals surface area contributed by atoms with Crippen molar-refractivity contribution in [3.8, 4) is 0 Å². The van der Waals surface area contributed by atoms with Gasteiger partial charge in [-0.15, -0.1) is 0 Å². The van der Waals surface area contributed by atoms with Gasteiger partial charge in [0.05, 0.1) is 33.7 Å². The molecular weight excluding hydrogens is 386 g/mol. The standard InChI is InChI=1S/C16H32O3.C7H15NO3/c1-2-3-4-5-6-7-8-9-10-11-12-13-15(17)14-16(18)19;1-8(2,3)5-6(9)4-7(10)11/h15,17H,2-14H2,1H3,(H,18,19);6,9H,4-5H2,1-3H3. The van der Waals surface area contributed by atoms with Gasteiger partial charge in [-0.25, -0.2) is 0 Å². The van der Waals surface area contributed by atoms with Crippen LogP contribution in [0.1, 0.15) is 96.8 Å². The number of carboxylic acid groups (broad SMARTS) is 2. The maximum Gasteiger partial charge on any atom is 0.305 e. The van der Waals surface area contributed by atoms with Crippen molar-refractivity contribution in [2.24, 2.45) is 0 Å². The summed E-state index contributed by atoms with van der Waals surface area (Å²) < 4.78 is 0.550. The van der Waals surface area contributed by atoms with Crippen molar-refractivity contribution in [3.05, 3.63) is 0 Å². The molecule has 0 aromatic rings. The number of carbonyl (C=O) groups is 2. The number of hydrogen-bond donors (Lipinski definition) is 3. The number of aliphatic hydroxyl groups excluding tert-OH is 2. The van der Waals surface area contributed by atoms with Crippen LogP contribution in [0.3, 0.4) is 0 Å². The molecule has 2 unspecified atom stereocenters. The predicted octanol–water partition coefficient (Wildman–Crippen LogP) is 2.72. The fourth-order valence-corrected chi connectivity index (χ4v) is 3.24. The van der Waals surface area contributed by atoms with Gasteiger partial charge in [0.25, 0.3) is 0 Å². The van der Waals surface area contributed by atoms with E-state index in [1.165, 1.54) is 57.8 Å². The summed E-state index contributed by atoms with van der Waals surface area (Å²) in [7, 11) is 5.66. The van der Waals surface area contributed by atoms with Crippen LogP contribution in [0.25, 0.3) is 0 Å². The molecule has 2 atom stereocenters. The third-order valence-corrected chi connectivity index (χ3v) is 4.71. The number of nitrogens with zero attached hydrogens (tertiary/aromatic N) is 1. The Hall–Kier alpha value is -1.18. The Kier molecular flexibility index (Phi) is 20.4. The van der Waals surface area contributed by atoms with Gasteiger partial charge in [-0.05, 0) is 6.42 Å². The lowest BCUT2D eigenvalue weighted by Gasteiger charge is -2.26. The number of carbonyl (C=O) groups excluding carboxylic acids is 1. The zero-order valence-electron chi connectivity index (χ0n) is 19.8. The van der Waals surface area contributed by atoms with Crippen molar-refractivity contribution in [3.63, 3.8) is 0 Å². The van der Waals surface area contributed by atoms with Gasteiger partial charge in [0.15, 0.2) is 0 Å². The highest BCUT2D eigenvalue weighted by atomic mass is 16.4. The van der Waals surface area contributed by atoms with Gasteiger partial charge in [-0.3, -0.25) is 4.79 Å². The molecule has 30 heavy (non-hydrogen) atoms. The molecule has 0 aromatic carbocycles. The number of aliphatic carboxylic acids is 2. The number of quaternary nitrogens is 1. The van der Waals surface area contributed by atoms with Gasteiger partial charge in [-0.2, -0.15) is 0 Å². The molecule has 0 amide bonds. The highest BCUT2D eigenvalue weighted by Gasteiger charge is 2.14. The van der Waals surface area contributed by atoms with E-state index in [4.69, 9.17) is 10.2 Å². The van der Waals surface area contributed by atoms with Crippen LogP contribution < -0.4 is 5.11 Å².